The molecular formula is C11H20N6O2S. The molecule has 1 heterocycles. The molecule has 0 aliphatic rings. The highest BCUT2D eigenvalue weighted by Gasteiger charge is 2.22. The average Bonchev–Trinajstić information content (AvgIpc) is 2.37. The number of aryl methyl sites for hydroxylation is 1. The number of hydrogen-bond acceptors (Lipinski definition) is 8. The molecule has 1 unspecified atom stereocenters. The number of hydrazine groups is 1. The van der Waals surface area contributed by atoms with Crippen LogP contribution < -0.4 is 16.6 Å². The maximum Gasteiger partial charge on any atom is 0.332 e. The number of nitrogens with two attached hydrogens (primary N) is 1. The molecule has 0 aliphatic heterocycles. The highest BCUT2D eigenvalue weighted by Crippen LogP contribution is 2.27. The second kappa shape index (κ2) is 7.85. The van der Waals surface area contributed by atoms with Gasteiger partial charge in [0.25, 0.3) is 0 Å². The second-order valence-electron chi connectivity index (χ2n) is 4.26. The smallest absolute Gasteiger partial charge is 0.332 e. The van der Waals surface area contributed by atoms with Crippen molar-refractivity contribution in [2.45, 2.75) is 33.2 Å². The fraction of sp³-hybridized carbons (Fsp3) is 0.636. The number of hydrogen-bond donors (Lipinski definition) is 3. The molecule has 0 radical (unpaired) electrons. The van der Waals surface area contributed by atoms with E-state index >= 15 is 0 Å². The van der Waals surface area contributed by atoms with Gasteiger partial charge in [0.1, 0.15) is 5.69 Å². The van der Waals surface area contributed by atoms with Gasteiger partial charge in [0.15, 0.2) is 0 Å². The van der Waals surface area contributed by atoms with Gasteiger partial charge in [-0.25, -0.2) is 10.8 Å². The molecule has 0 fully saturated rings. The molecule has 0 bridgehead atoms. The van der Waals surface area contributed by atoms with E-state index in [9.17, 15) is 10.1 Å². The third-order valence-electron chi connectivity index (χ3n) is 2.65. The first kappa shape index (κ1) is 16.4. The molecule has 9 heteroatoms. The lowest BCUT2D eigenvalue weighted by Gasteiger charge is -2.15. The summed E-state index contributed by atoms with van der Waals surface area (Å²) in [4.78, 5) is 18.6. The Morgan fingerprint density at radius 3 is 2.75 bits per heavy atom. The normalized spacial score (nSPS) is 12.0. The zero-order valence-corrected chi connectivity index (χ0v) is 12.7. The van der Waals surface area contributed by atoms with Gasteiger partial charge in [-0.2, -0.15) is 16.7 Å². The van der Waals surface area contributed by atoms with Crippen molar-refractivity contribution in [3.8, 4) is 0 Å². The molecule has 20 heavy (non-hydrogen) atoms. The number of nitrogen functional groups attached to an aromatic ring is 1. The Hall–Kier alpha value is -1.61. The molecule has 1 rings (SSSR count). The molecule has 0 saturated carbocycles. The quantitative estimate of drug-likeness (QED) is 0.288. The Labute approximate surface area is 122 Å². The summed E-state index contributed by atoms with van der Waals surface area (Å²) in [5, 5.41) is 14.2. The Morgan fingerprint density at radius 2 is 2.20 bits per heavy atom. The van der Waals surface area contributed by atoms with Gasteiger partial charge in [-0.1, -0.05) is 6.92 Å². The molecule has 0 aromatic carbocycles. The van der Waals surface area contributed by atoms with Gasteiger partial charge < -0.3 is 5.32 Å². The Kier molecular flexibility index (Phi) is 6.46. The van der Waals surface area contributed by atoms with Crippen LogP contribution in [0, 0.1) is 17.0 Å². The third-order valence-corrected chi connectivity index (χ3v) is 3.59. The third kappa shape index (κ3) is 4.49. The van der Waals surface area contributed by atoms with Gasteiger partial charge in [-0.15, -0.1) is 0 Å². The van der Waals surface area contributed by atoms with Crippen LogP contribution >= 0.6 is 11.8 Å². The van der Waals surface area contributed by atoms with Crippen LogP contribution in [-0.2, 0) is 0 Å². The van der Waals surface area contributed by atoms with Crippen LogP contribution in [0.5, 0.6) is 0 Å². The van der Waals surface area contributed by atoms with Crippen molar-refractivity contribution in [3.05, 3.63) is 15.8 Å². The second-order valence-corrected chi connectivity index (χ2v) is 5.66. The number of nitrogens with zero attached hydrogens (tertiary/aromatic N) is 3. The summed E-state index contributed by atoms with van der Waals surface area (Å²) in [5.74, 6) is 7.67. The Bertz CT molecular complexity index is 470. The van der Waals surface area contributed by atoms with E-state index in [0.29, 0.717) is 0 Å². The van der Waals surface area contributed by atoms with Crippen LogP contribution in [0.2, 0.25) is 0 Å². The lowest BCUT2D eigenvalue weighted by molar-refractivity contribution is -0.385. The van der Waals surface area contributed by atoms with Crippen molar-refractivity contribution < 1.29 is 4.92 Å². The van der Waals surface area contributed by atoms with Crippen molar-refractivity contribution >= 4 is 29.2 Å². The Morgan fingerprint density at radius 1 is 1.50 bits per heavy atom. The first-order valence-corrected chi connectivity index (χ1v) is 7.49. The highest BCUT2D eigenvalue weighted by atomic mass is 32.2. The van der Waals surface area contributed by atoms with Crippen LogP contribution in [-0.4, -0.2) is 32.4 Å². The predicted octanol–water partition coefficient (Wildman–Crippen LogP) is 1.92. The molecule has 0 saturated heterocycles. The van der Waals surface area contributed by atoms with Gasteiger partial charge in [-0.05, 0) is 31.8 Å². The number of nitrogens with one attached hydrogen (secondary N) is 2. The predicted molar refractivity (Wildman–Crippen MR) is 81.9 cm³/mol. The summed E-state index contributed by atoms with van der Waals surface area (Å²) in [6.45, 7) is 5.62. The first-order valence-electron chi connectivity index (χ1n) is 6.33. The summed E-state index contributed by atoms with van der Waals surface area (Å²) in [6.07, 6.45) is 0.893. The van der Waals surface area contributed by atoms with E-state index in [1.165, 1.54) is 0 Å². The number of thioether (sulfide) groups is 1. The monoisotopic (exact) mass is 300 g/mol. The summed E-state index contributed by atoms with van der Waals surface area (Å²) in [5.41, 5.74) is 2.47. The summed E-state index contributed by atoms with van der Waals surface area (Å²) >= 11 is 1.83. The van der Waals surface area contributed by atoms with Crippen LogP contribution in [0.4, 0.5) is 17.5 Å². The van der Waals surface area contributed by atoms with Crippen molar-refractivity contribution in [1.29, 1.82) is 0 Å². The summed E-state index contributed by atoms with van der Waals surface area (Å²) in [6, 6.07) is 0.0766. The number of rotatable bonds is 8. The molecule has 1 atom stereocenters. The standard InChI is InChI=1S/C11H20N6O2S/c1-4-20-6-5-7(2)13-10-9(17(18)19)8(3)14-11(15-10)16-12/h7H,4-6,12H2,1-3H3,(H2,13,14,15,16). The minimum atomic E-state index is -0.481. The van der Waals surface area contributed by atoms with Crippen LogP contribution in [0.25, 0.3) is 0 Å². The molecule has 4 N–H and O–H groups in total. The average molecular weight is 300 g/mol. The lowest BCUT2D eigenvalue weighted by Crippen LogP contribution is -2.20. The molecule has 1 aromatic heterocycles. The van der Waals surface area contributed by atoms with Crippen molar-refractivity contribution in [2.75, 3.05) is 22.2 Å². The van der Waals surface area contributed by atoms with E-state index in [1.807, 2.05) is 18.7 Å². The van der Waals surface area contributed by atoms with Gasteiger partial charge in [-0.3, -0.25) is 15.5 Å². The zero-order chi connectivity index (χ0) is 15.1. The van der Waals surface area contributed by atoms with Crippen molar-refractivity contribution in [3.63, 3.8) is 0 Å². The fourth-order valence-corrected chi connectivity index (χ4v) is 2.47. The number of nitro groups is 1. The molecular weight excluding hydrogens is 280 g/mol. The van der Waals surface area contributed by atoms with Crippen molar-refractivity contribution in [1.82, 2.24) is 9.97 Å². The molecule has 1 aromatic rings. The zero-order valence-electron chi connectivity index (χ0n) is 11.8. The van der Waals surface area contributed by atoms with E-state index in [1.54, 1.807) is 6.92 Å². The maximum atomic E-state index is 11.1. The Balaban J connectivity index is 2.91. The van der Waals surface area contributed by atoms with Crippen LogP contribution in [0.3, 0.4) is 0 Å². The van der Waals surface area contributed by atoms with E-state index in [4.69, 9.17) is 5.84 Å². The van der Waals surface area contributed by atoms with Crippen LogP contribution in [0.15, 0.2) is 0 Å². The first-order chi connectivity index (χ1) is 9.49. The molecule has 0 aliphatic carbocycles. The van der Waals surface area contributed by atoms with E-state index in [0.717, 1.165) is 17.9 Å². The molecule has 8 nitrogen and oxygen atoms in total. The van der Waals surface area contributed by atoms with E-state index in [-0.39, 0.29) is 29.2 Å². The minimum Gasteiger partial charge on any atom is -0.362 e. The maximum absolute atomic E-state index is 11.1. The molecule has 0 amide bonds. The molecule has 0 spiro atoms. The van der Waals surface area contributed by atoms with Gasteiger partial charge in [0.2, 0.25) is 11.8 Å². The van der Waals surface area contributed by atoms with Gasteiger partial charge in [0, 0.05) is 6.04 Å². The highest BCUT2D eigenvalue weighted by molar-refractivity contribution is 7.99. The largest absolute Gasteiger partial charge is 0.362 e. The van der Waals surface area contributed by atoms with Crippen molar-refractivity contribution in [2.24, 2.45) is 5.84 Å². The topological polar surface area (TPSA) is 119 Å². The summed E-state index contributed by atoms with van der Waals surface area (Å²) < 4.78 is 0. The number of aromatic nitrogens is 2. The van der Waals surface area contributed by atoms with E-state index in [2.05, 4.69) is 27.6 Å². The SMILES string of the molecule is CCSCCC(C)Nc1nc(NN)nc(C)c1[N+](=O)[O-]. The fourth-order valence-electron chi connectivity index (χ4n) is 1.66. The summed E-state index contributed by atoms with van der Waals surface area (Å²) in [7, 11) is 0. The van der Waals surface area contributed by atoms with E-state index < -0.39 is 4.92 Å². The van der Waals surface area contributed by atoms with Gasteiger partial charge in [0.05, 0.1) is 4.92 Å². The van der Waals surface area contributed by atoms with Crippen LogP contribution in [0.1, 0.15) is 26.0 Å². The molecule has 112 valence electrons. The van der Waals surface area contributed by atoms with Gasteiger partial charge >= 0.3 is 5.69 Å². The minimum absolute atomic E-state index is 0.0766. The number of anilines is 2. The lowest BCUT2D eigenvalue weighted by atomic mass is 10.2.